The van der Waals surface area contributed by atoms with Gasteiger partial charge in [-0.2, -0.15) is 8.42 Å². The lowest BCUT2D eigenvalue weighted by Crippen LogP contribution is -2.17. The zero-order valence-electron chi connectivity index (χ0n) is 11.8. The molecule has 5 nitrogen and oxygen atoms in total. The number of hydrogen-bond donors (Lipinski definition) is 0. The highest BCUT2D eigenvalue weighted by atomic mass is 35.5. The summed E-state index contributed by atoms with van der Waals surface area (Å²) in [6.07, 6.45) is 0.880. The Labute approximate surface area is 129 Å². The van der Waals surface area contributed by atoms with Gasteiger partial charge in [-0.1, -0.05) is 11.6 Å². The molecule has 1 unspecified atom stereocenters. The van der Waals surface area contributed by atoms with Gasteiger partial charge in [0.05, 0.1) is 17.4 Å². The Morgan fingerprint density at radius 3 is 2.48 bits per heavy atom. The molecule has 0 N–H and O–H groups in total. The third kappa shape index (κ3) is 4.18. The van der Waals surface area contributed by atoms with Crippen molar-refractivity contribution in [2.24, 2.45) is 5.92 Å². The van der Waals surface area contributed by atoms with Gasteiger partial charge in [0, 0.05) is 5.02 Å². The standard InChI is InChI=1S/C14H17ClO5S/c1-14(2)9-10(13(16)20-14)7-8-19-21(17,18)12-5-3-11(15)4-6-12/h3-6,10H,7-9H2,1-2H3. The number of ether oxygens (including phenoxy) is 1. The van der Waals surface area contributed by atoms with Crippen molar-refractivity contribution in [1.82, 2.24) is 0 Å². The molecule has 0 aromatic heterocycles. The SMILES string of the molecule is CC1(C)CC(CCOS(=O)(=O)c2ccc(Cl)cc2)C(=O)O1. The van der Waals surface area contributed by atoms with Crippen molar-refractivity contribution in [3.8, 4) is 0 Å². The monoisotopic (exact) mass is 332 g/mol. The topological polar surface area (TPSA) is 69.7 Å². The van der Waals surface area contributed by atoms with Crippen molar-refractivity contribution < 1.29 is 22.1 Å². The van der Waals surface area contributed by atoms with E-state index in [1.165, 1.54) is 24.3 Å². The van der Waals surface area contributed by atoms with E-state index in [9.17, 15) is 13.2 Å². The summed E-state index contributed by atoms with van der Waals surface area (Å²) in [6, 6.07) is 5.72. The van der Waals surface area contributed by atoms with E-state index in [1.54, 1.807) is 0 Å². The van der Waals surface area contributed by atoms with E-state index in [1.807, 2.05) is 13.8 Å². The summed E-state index contributed by atoms with van der Waals surface area (Å²) in [4.78, 5) is 11.7. The summed E-state index contributed by atoms with van der Waals surface area (Å²) < 4.78 is 34.0. The summed E-state index contributed by atoms with van der Waals surface area (Å²) in [6.45, 7) is 3.60. The van der Waals surface area contributed by atoms with Crippen molar-refractivity contribution in [1.29, 1.82) is 0 Å². The molecular weight excluding hydrogens is 316 g/mol. The van der Waals surface area contributed by atoms with Gasteiger partial charge in [0.2, 0.25) is 0 Å². The summed E-state index contributed by atoms with van der Waals surface area (Å²) in [5, 5.41) is 0.449. The number of esters is 1. The molecule has 0 spiro atoms. The molecule has 21 heavy (non-hydrogen) atoms. The number of benzene rings is 1. The summed E-state index contributed by atoms with van der Waals surface area (Å²) in [5.41, 5.74) is -0.489. The van der Waals surface area contributed by atoms with Crippen molar-refractivity contribution in [2.75, 3.05) is 6.61 Å². The van der Waals surface area contributed by atoms with Gasteiger partial charge in [-0.25, -0.2) is 0 Å². The van der Waals surface area contributed by atoms with Crippen molar-refractivity contribution in [3.05, 3.63) is 29.3 Å². The first-order valence-corrected chi connectivity index (χ1v) is 8.36. The van der Waals surface area contributed by atoms with Gasteiger partial charge < -0.3 is 4.74 Å². The fourth-order valence-electron chi connectivity index (χ4n) is 2.26. The highest BCUT2D eigenvalue weighted by molar-refractivity contribution is 7.86. The molecule has 0 bridgehead atoms. The summed E-state index contributed by atoms with van der Waals surface area (Å²) in [7, 11) is -3.83. The van der Waals surface area contributed by atoms with Crippen LogP contribution in [0.1, 0.15) is 26.7 Å². The molecule has 0 amide bonds. The van der Waals surface area contributed by atoms with Crippen LogP contribution in [-0.4, -0.2) is 26.6 Å². The number of hydrogen-bond acceptors (Lipinski definition) is 5. The molecule has 116 valence electrons. The lowest BCUT2D eigenvalue weighted by atomic mass is 9.95. The second-order valence-electron chi connectivity index (χ2n) is 5.60. The highest BCUT2D eigenvalue weighted by Gasteiger charge is 2.39. The fraction of sp³-hybridized carbons (Fsp3) is 0.500. The zero-order valence-corrected chi connectivity index (χ0v) is 13.4. The molecule has 1 saturated heterocycles. The smallest absolute Gasteiger partial charge is 0.309 e. The van der Waals surface area contributed by atoms with E-state index in [0.717, 1.165) is 0 Å². The lowest BCUT2D eigenvalue weighted by Gasteiger charge is -2.14. The van der Waals surface area contributed by atoms with Crippen LogP contribution < -0.4 is 0 Å². The first-order valence-electron chi connectivity index (χ1n) is 6.57. The van der Waals surface area contributed by atoms with Crippen LogP contribution in [0.3, 0.4) is 0 Å². The van der Waals surface area contributed by atoms with Gasteiger partial charge in [-0.05, 0) is 51.0 Å². The molecule has 1 fully saturated rings. The highest BCUT2D eigenvalue weighted by Crippen LogP contribution is 2.32. The first kappa shape index (κ1) is 16.3. The van der Waals surface area contributed by atoms with Crippen molar-refractivity contribution >= 4 is 27.7 Å². The van der Waals surface area contributed by atoms with E-state index in [2.05, 4.69) is 0 Å². The molecule has 7 heteroatoms. The molecule has 0 saturated carbocycles. The number of carbonyl (C=O) groups excluding carboxylic acids is 1. The first-order chi connectivity index (χ1) is 9.70. The van der Waals surface area contributed by atoms with Gasteiger partial charge in [0.1, 0.15) is 5.60 Å². The second kappa shape index (κ2) is 5.94. The maximum atomic E-state index is 11.9. The lowest BCUT2D eigenvalue weighted by molar-refractivity contribution is -0.148. The van der Waals surface area contributed by atoms with E-state index in [-0.39, 0.29) is 23.4 Å². The average Bonchev–Trinajstić information content (AvgIpc) is 2.62. The van der Waals surface area contributed by atoms with Crippen molar-refractivity contribution in [2.45, 2.75) is 37.2 Å². The van der Waals surface area contributed by atoms with Gasteiger partial charge in [-0.15, -0.1) is 0 Å². The van der Waals surface area contributed by atoms with Crippen LogP contribution in [0.15, 0.2) is 29.2 Å². The summed E-state index contributed by atoms with van der Waals surface area (Å²) in [5.74, 6) is -0.618. The van der Waals surface area contributed by atoms with E-state index < -0.39 is 15.7 Å². The van der Waals surface area contributed by atoms with Gasteiger partial charge in [0.15, 0.2) is 0 Å². The maximum Gasteiger partial charge on any atom is 0.309 e. The van der Waals surface area contributed by atoms with E-state index in [0.29, 0.717) is 17.9 Å². The predicted octanol–water partition coefficient (Wildman–Crippen LogP) is 2.78. The molecule has 1 aromatic carbocycles. The van der Waals surface area contributed by atoms with Crippen LogP contribution >= 0.6 is 11.6 Å². The molecule has 1 aromatic rings. The molecule has 1 aliphatic heterocycles. The third-order valence-electron chi connectivity index (χ3n) is 3.26. The maximum absolute atomic E-state index is 11.9. The second-order valence-corrected chi connectivity index (χ2v) is 7.65. The Hall–Kier alpha value is -1.11. The largest absolute Gasteiger partial charge is 0.459 e. The van der Waals surface area contributed by atoms with Gasteiger partial charge >= 0.3 is 5.97 Å². The number of halogens is 1. The van der Waals surface area contributed by atoms with Crippen LogP contribution in [0.4, 0.5) is 0 Å². The van der Waals surface area contributed by atoms with Crippen LogP contribution in [0, 0.1) is 5.92 Å². The van der Waals surface area contributed by atoms with Gasteiger partial charge in [-0.3, -0.25) is 8.98 Å². The molecule has 0 radical (unpaired) electrons. The minimum atomic E-state index is -3.83. The fourth-order valence-corrected chi connectivity index (χ4v) is 3.31. The van der Waals surface area contributed by atoms with Crippen LogP contribution in [0.5, 0.6) is 0 Å². The number of rotatable bonds is 5. The minimum absolute atomic E-state index is 0.0428. The Kier molecular flexibility index (Phi) is 4.60. The Bertz CT molecular complexity index is 621. The van der Waals surface area contributed by atoms with Crippen molar-refractivity contribution in [3.63, 3.8) is 0 Å². The molecule has 1 aliphatic rings. The quantitative estimate of drug-likeness (QED) is 0.612. The molecule has 1 heterocycles. The Morgan fingerprint density at radius 1 is 1.33 bits per heavy atom. The average molecular weight is 333 g/mol. The molecule has 1 atom stereocenters. The van der Waals surface area contributed by atoms with Crippen LogP contribution in [0.2, 0.25) is 5.02 Å². The third-order valence-corrected chi connectivity index (χ3v) is 4.83. The van der Waals surface area contributed by atoms with Gasteiger partial charge in [0.25, 0.3) is 10.1 Å². The summed E-state index contributed by atoms with van der Waals surface area (Å²) >= 11 is 5.71. The van der Waals surface area contributed by atoms with E-state index >= 15 is 0 Å². The minimum Gasteiger partial charge on any atom is -0.459 e. The number of carbonyl (C=O) groups is 1. The Morgan fingerprint density at radius 2 is 1.95 bits per heavy atom. The number of cyclic esters (lactones) is 1. The predicted molar refractivity (Wildman–Crippen MR) is 77.5 cm³/mol. The molecule has 0 aliphatic carbocycles. The van der Waals surface area contributed by atoms with E-state index in [4.69, 9.17) is 20.5 Å². The zero-order chi connectivity index (χ0) is 15.7. The normalized spacial score (nSPS) is 21.3. The van der Waals surface area contributed by atoms with Crippen LogP contribution in [-0.2, 0) is 23.8 Å². The molecular formula is C14H17ClO5S. The van der Waals surface area contributed by atoms with Crippen LogP contribution in [0.25, 0.3) is 0 Å². The molecule has 2 rings (SSSR count). The Balaban J connectivity index is 1.91.